The van der Waals surface area contributed by atoms with E-state index in [1.165, 1.54) is 0 Å². The first kappa shape index (κ1) is 52.0. The third-order valence-corrected chi connectivity index (χ3v) is 8.71. The summed E-state index contributed by atoms with van der Waals surface area (Å²) in [6.07, 6.45) is -28.1. The molecule has 4 atom stereocenters. The molecule has 4 aliphatic rings. The molecule has 0 spiro atoms. The zero-order valence-electron chi connectivity index (χ0n) is 27.9. The molecule has 4 bridgehead atoms. The molecule has 0 aromatic heterocycles. The number of rotatable bonds is 4. The van der Waals surface area contributed by atoms with Crippen molar-refractivity contribution in [1.29, 1.82) is 0 Å². The summed E-state index contributed by atoms with van der Waals surface area (Å²) in [5.41, 5.74) is -14.2. The van der Waals surface area contributed by atoms with E-state index in [1.807, 2.05) is 0 Å². The number of aliphatic hydroxyl groups excluding tert-OH is 1. The average Bonchev–Trinajstić information content (AvgIpc) is 3.85. The Kier molecular flexibility index (Phi) is 17.1. The van der Waals surface area contributed by atoms with E-state index < -0.39 is 93.6 Å². The number of allylic oxidation sites excluding steroid dienone is 3. The number of carbonyl (C=O) groups is 2. The Labute approximate surface area is 304 Å². The highest BCUT2D eigenvalue weighted by Gasteiger charge is 2.75. The number of alkyl halides is 18. The van der Waals surface area contributed by atoms with E-state index in [4.69, 9.17) is 5.11 Å². The van der Waals surface area contributed by atoms with E-state index in [0.29, 0.717) is 12.8 Å². The molecular weight excluding hydrogens is 834 g/mol. The van der Waals surface area contributed by atoms with Crippen LogP contribution in [0.15, 0.2) is 47.6 Å². The normalized spacial score (nSPS) is 22.3. The van der Waals surface area contributed by atoms with Gasteiger partial charge < -0.3 is 20.1 Å². The second kappa shape index (κ2) is 18.1. The topological polar surface area (TPSA) is 104 Å². The van der Waals surface area contributed by atoms with Crippen LogP contribution in [0.25, 0.3) is 0 Å². The summed E-state index contributed by atoms with van der Waals surface area (Å²) in [6, 6.07) is 0. The van der Waals surface area contributed by atoms with Crippen LogP contribution in [0.4, 0.5) is 79.0 Å². The molecule has 0 amide bonds. The predicted octanol–water partition coefficient (Wildman–Crippen LogP) is 9.15. The lowest BCUT2D eigenvalue weighted by Gasteiger charge is -2.36. The van der Waals surface area contributed by atoms with Crippen molar-refractivity contribution in [2.75, 3.05) is 14.2 Å². The monoisotopic (exact) mass is 864 g/mol. The summed E-state index contributed by atoms with van der Waals surface area (Å²) in [6.45, 7) is 4.92. The lowest BCUT2D eigenvalue weighted by atomic mass is 9.83. The molecular formula is C30H31ClF18O6. The number of esters is 1. The molecule has 55 heavy (non-hydrogen) atoms. The Morgan fingerprint density at radius 2 is 0.873 bits per heavy atom. The number of methoxy groups -OCH3 is 1. The maximum atomic E-state index is 12.6. The SMILES string of the molecule is C=C(C(=O)Cl)C(F)(F)F.C=C(C(=O)OC)C(F)(F)F.CO.OC(C1=CC2CCC1C2)(C(F)(F)F)C(F)(F)F.OC(C1=CC2CCC1C2)(C(F)(F)F)C(F)(F)F. The van der Waals surface area contributed by atoms with Crippen molar-refractivity contribution in [1.82, 2.24) is 0 Å². The Morgan fingerprint density at radius 3 is 0.982 bits per heavy atom. The molecule has 0 aliphatic heterocycles. The van der Waals surface area contributed by atoms with E-state index in [0.717, 1.165) is 26.4 Å². The van der Waals surface area contributed by atoms with Gasteiger partial charge in [0.2, 0.25) is 0 Å². The Bertz CT molecular complexity index is 1340. The summed E-state index contributed by atoms with van der Waals surface area (Å²) in [5.74, 6) is -3.56. The molecule has 6 nitrogen and oxygen atoms in total. The molecule has 4 rings (SSSR count). The fraction of sp³-hybridized carbons (Fsp3) is 0.667. The second-order valence-corrected chi connectivity index (χ2v) is 12.3. The van der Waals surface area contributed by atoms with Crippen LogP contribution >= 0.6 is 11.6 Å². The lowest BCUT2D eigenvalue weighted by molar-refractivity contribution is -0.354. The molecule has 0 heterocycles. The van der Waals surface area contributed by atoms with E-state index in [2.05, 4.69) is 29.5 Å². The highest BCUT2D eigenvalue weighted by atomic mass is 35.5. The fourth-order valence-electron chi connectivity index (χ4n) is 5.84. The van der Waals surface area contributed by atoms with E-state index in [-0.39, 0.29) is 37.5 Å². The highest BCUT2D eigenvalue weighted by molar-refractivity contribution is 6.67. The molecule has 2 fully saturated rings. The van der Waals surface area contributed by atoms with Gasteiger partial charge in [0.25, 0.3) is 16.4 Å². The zero-order chi connectivity index (χ0) is 44.1. The van der Waals surface area contributed by atoms with E-state index >= 15 is 0 Å². The van der Waals surface area contributed by atoms with Crippen LogP contribution in [0.1, 0.15) is 38.5 Å². The molecule has 4 unspecified atom stereocenters. The molecule has 0 aromatic carbocycles. The van der Waals surface area contributed by atoms with Gasteiger partial charge in [0.1, 0.15) is 11.1 Å². The molecule has 3 N–H and O–H groups in total. The van der Waals surface area contributed by atoms with Gasteiger partial charge in [0.15, 0.2) is 0 Å². The van der Waals surface area contributed by atoms with Crippen molar-refractivity contribution >= 4 is 22.8 Å². The summed E-state index contributed by atoms with van der Waals surface area (Å²) < 4.78 is 223. The third-order valence-electron chi connectivity index (χ3n) is 8.49. The lowest BCUT2D eigenvalue weighted by Crippen LogP contribution is -2.59. The maximum Gasteiger partial charge on any atom is 0.430 e. The summed E-state index contributed by atoms with van der Waals surface area (Å²) in [5, 5.41) is 23.8. The Balaban J connectivity index is 0.000000724. The molecule has 2 saturated carbocycles. The molecule has 25 heteroatoms. The van der Waals surface area contributed by atoms with Crippen molar-refractivity contribution in [3.05, 3.63) is 47.6 Å². The molecule has 0 radical (unpaired) electrons. The van der Waals surface area contributed by atoms with E-state index in [1.54, 1.807) is 0 Å². The number of hydrogen-bond acceptors (Lipinski definition) is 6. The van der Waals surface area contributed by atoms with Crippen LogP contribution in [0.2, 0.25) is 0 Å². The number of halogens is 19. The zero-order valence-corrected chi connectivity index (χ0v) is 28.6. The fourth-order valence-corrected chi connectivity index (χ4v) is 5.95. The number of aliphatic hydroxyl groups is 3. The highest BCUT2D eigenvalue weighted by Crippen LogP contribution is 2.58. The summed E-state index contributed by atoms with van der Waals surface area (Å²) in [4.78, 5) is 19.9. The first-order valence-corrected chi connectivity index (χ1v) is 15.2. The van der Waals surface area contributed by atoms with Gasteiger partial charge in [0.05, 0.1) is 7.11 Å². The van der Waals surface area contributed by atoms with Crippen LogP contribution < -0.4 is 0 Å². The number of fused-ring (bicyclic) bond motifs is 4. The minimum atomic E-state index is -5.73. The van der Waals surface area contributed by atoms with Crippen LogP contribution in [-0.2, 0) is 14.3 Å². The largest absolute Gasteiger partial charge is 0.465 e. The second-order valence-electron chi connectivity index (χ2n) is 11.9. The van der Waals surface area contributed by atoms with Gasteiger partial charge in [-0.1, -0.05) is 25.3 Å². The molecule has 320 valence electrons. The molecule has 0 aromatic rings. The van der Waals surface area contributed by atoms with Crippen LogP contribution in [0, 0.1) is 23.7 Å². The van der Waals surface area contributed by atoms with Crippen molar-refractivity contribution in [2.45, 2.75) is 86.8 Å². The minimum absolute atomic E-state index is 0.258. The maximum absolute atomic E-state index is 12.6. The van der Waals surface area contributed by atoms with Gasteiger partial charge in [-0.25, -0.2) is 4.79 Å². The standard InChI is InChI=1S/2C10H10F6O.C5H5F3O2.C4H2ClF3O.CH4O/c2*11-9(12,13)8(17,10(14,15)16)7-4-5-1-2-6(7)3-5;1-3(4(9)10-2)5(6,7)8;1-2(3(5)9)4(6,7)8;1-2/h2*4-6,17H,1-3H2;1H2,2H3;1H2;2H,1H3. The predicted molar refractivity (Wildman–Crippen MR) is 153 cm³/mol. The van der Waals surface area contributed by atoms with Gasteiger partial charge in [-0.2, -0.15) is 79.0 Å². The van der Waals surface area contributed by atoms with Crippen molar-refractivity contribution in [2.24, 2.45) is 23.7 Å². The Morgan fingerprint density at radius 1 is 0.600 bits per heavy atom. The smallest absolute Gasteiger partial charge is 0.430 e. The van der Waals surface area contributed by atoms with Crippen LogP contribution in [0.3, 0.4) is 0 Å². The van der Waals surface area contributed by atoms with Gasteiger partial charge in [-0.3, -0.25) is 4.79 Å². The van der Waals surface area contributed by atoms with E-state index in [9.17, 15) is 98.8 Å². The quantitative estimate of drug-likeness (QED) is 0.0857. The number of hydrogen-bond donors (Lipinski definition) is 3. The average molecular weight is 865 g/mol. The number of carbonyl (C=O) groups excluding carboxylic acids is 2. The molecule has 0 saturated heterocycles. The Hall–Kier alpha value is -2.99. The van der Waals surface area contributed by atoms with Gasteiger partial charge in [-0.15, -0.1) is 0 Å². The van der Waals surface area contributed by atoms with Crippen molar-refractivity contribution in [3.63, 3.8) is 0 Å². The number of ether oxygens (including phenoxy) is 1. The minimum Gasteiger partial charge on any atom is -0.465 e. The first-order valence-electron chi connectivity index (χ1n) is 14.8. The summed E-state index contributed by atoms with van der Waals surface area (Å²) >= 11 is 4.45. The van der Waals surface area contributed by atoms with Gasteiger partial charge >= 0.3 is 43.0 Å². The van der Waals surface area contributed by atoms with Crippen LogP contribution in [-0.4, -0.2) is 89.0 Å². The van der Waals surface area contributed by atoms with Crippen molar-refractivity contribution < 1.29 is 109 Å². The summed E-state index contributed by atoms with van der Waals surface area (Å²) in [7, 11) is 1.86. The van der Waals surface area contributed by atoms with Crippen molar-refractivity contribution in [3.8, 4) is 0 Å². The van der Waals surface area contributed by atoms with Crippen LogP contribution in [0.5, 0.6) is 0 Å². The third kappa shape index (κ3) is 12.0. The first-order chi connectivity index (χ1) is 24.4. The van der Waals surface area contributed by atoms with Gasteiger partial charge in [0, 0.05) is 7.11 Å². The molecule has 4 aliphatic carbocycles. The van der Waals surface area contributed by atoms with Gasteiger partial charge in [-0.05, 0) is 84.9 Å².